The van der Waals surface area contributed by atoms with Crippen LogP contribution < -0.4 is 15.4 Å². The van der Waals surface area contributed by atoms with E-state index < -0.39 is 31.3 Å². The number of H-pyrrole nitrogens is 1. The summed E-state index contributed by atoms with van der Waals surface area (Å²) in [6, 6.07) is 17.3. The zero-order valence-electron chi connectivity index (χ0n) is 32.2. The molecule has 1 aromatic heterocycles. The Morgan fingerprint density at radius 3 is 2.12 bits per heavy atom. The second kappa shape index (κ2) is 22.4. The van der Waals surface area contributed by atoms with E-state index in [1.165, 1.54) is 38.5 Å². The summed E-state index contributed by atoms with van der Waals surface area (Å²) >= 11 is 0. The molecule has 20 heteroatoms. The molecule has 3 N–H and O–H groups in total. The largest absolute Gasteiger partial charge is 0.513 e. The molecule has 0 unspecified atom stereocenters. The van der Waals surface area contributed by atoms with Gasteiger partial charge >= 0.3 is 18.3 Å². The molecule has 0 fully saturated rings. The van der Waals surface area contributed by atoms with E-state index in [9.17, 15) is 24.5 Å². The topological polar surface area (TPSA) is 269 Å². The number of azide groups is 2. The van der Waals surface area contributed by atoms with Crippen LogP contribution in [0, 0.1) is 10.1 Å². The van der Waals surface area contributed by atoms with Crippen molar-refractivity contribution >= 4 is 60.0 Å². The number of aromatic amines is 1. The first-order valence-corrected chi connectivity index (χ1v) is 21.2. The number of nitro groups is 1. The minimum Gasteiger partial charge on any atom is -0.453 e. The van der Waals surface area contributed by atoms with Gasteiger partial charge in [0.15, 0.2) is 0 Å². The molecule has 0 aliphatic heterocycles. The number of amides is 2. The van der Waals surface area contributed by atoms with Gasteiger partial charge in [0.2, 0.25) is 0 Å². The molecule has 1 heterocycles. The third-order valence-electron chi connectivity index (χ3n) is 8.15. The number of nitrogens with one attached hydrogen (secondary N) is 3. The van der Waals surface area contributed by atoms with Crippen molar-refractivity contribution in [1.82, 2.24) is 15.6 Å². The first-order chi connectivity index (χ1) is 27.3. The van der Waals surface area contributed by atoms with Crippen LogP contribution in [-0.2, 0) is 27.1 Å². The van der Waals surface area contributed by atoms with Crippen LogP contribution in [0.3, 0.4) is 0 Å². The van der Waals surface area contributed by atoms with Crippen LogP contribution in [0.5, 0.6) is 5.75 Å². The second-order valence-electron chi connectivity index (χ2n) is 13.2. The number of rotatable bonds is 13. The van der Waals surface area contributed by atoms with Crippen molar-refractivity contribution in [1.29, 1.82) is 0 Å². The van der Waals surface area contributed by atoms with Crippen molar-refractivity contribution < 1.29 is 38.3 Å². The van der Waals surface area contributed by atoms with E-state index in [4.69, 9.17) is 20.5 Å². The Bertz CT molecular complexity index is 2150. The highest BCUT2D eigenvalue weighted by atomic mass is 28.3. The fourth-order valence-corrected chi connectivity index (χ4v) is 6.00. The molecular weight excluding hydrogens is 757 g/mol. The number of hydrogen-bond acceptors (Lipinski definition) is 11. The van der Waals surface area contributed by atoms with Crippen molar-refractivity contribution in [3.05, 3.63) is 121 Å². The van der Waals surface area contributed by atoms with Crippen LogP contribution in [0.25, 0.3) is 37.4 Å². The van der Waals surface area contributed by atoms with E-state index in [1.54, 1.807) is 6.07 Å². The molecule has 0 saturated heterocycles. The van der Waals surface area contributed by atoms with E-state index in [2.05, 4.69) is 70.9 Å². The molecule has 3 aromatic carbocycles. The zero-order chi connectivity index (χ0) is 41.8. The van der Waals surface area contributed by atoms with E-state index in [0.717, 1.165) is 52.1 Å². The minimum absolute atomic E-state index is 0.0561. The third kappa shape index (κ3) is 14.6. The Hall–Kier alpha value is -7.01. The predicted octanol–water partition coefficient (Wildman–Crippen LogP) is 9.77. The molecule has 0 bridgehead atoms. The summed E-state index contributed by atoms with van der Waals surface area (Å²) < 4.78 is 18.8. The quantitative estimate of drug-likeness (QED) is 0.0133. The Morgan fingerprint density at radius 1 is 0.895 bits per heavy atom. The van der Waals surface area contributed by atoms with E-state index in [0.29, 0.717) is 37.5 Å². The van der Waals surface area contributed by atoms with Crippen molar-refractivity contribution in [3.8, 4) is 5.75 Å². The number of nitrogens with zero attached hydrogens (tertiary/aromatic N) is 7. The molecule has 0 saturated carbocycles. The van der Waals surface area contributed by atoms with Gasteiger partial charge in [-0.2, -0.15) is 0 Å². The van der Waals surface area contributed by atoms with Gasteiger partial charge in [-0.15, -0.1) is 0 Å². The van der Waals surface area contributed by atoms with Gasteiger partial charge in [0.25, 0.3) is 5.69 Å². The first-order valence-electron chi connectivity index (χ1n) is 17.5. The van der Waals surface area contributed by atoms with Gasteiger partial charge in [0.1, 0.15) is 5.75 Å². The standard InChI is InChI=1S/C13H14N4O2.C12H13N5O2.C12H17NO5Si/c1-19-13(18)15-8-7-9-5-6-11-10(9)3-2-4-12(11)16-17-14;1-19-12(18)14-6-5-8-7-15-11-9(8)3-2-4-10(11)16-17-13;1-19(2,3)9-8-17-12(14)18-11-6-4-10(5-7-11)13(15)16/h2-5H,6-8H2,1H3,(H,15,18);2-4,7,15H,5-6H2,1H3,(H,14,18);4-7H,8-9H2,1-3H3. The van der Waals surface area contributed by atoms with Gasteiger partial charge in [0, 0.05) is 60.4 Å². The lowest BCUT2D eigenvalue weighted by molar-refractivity contribution is -0.384. The van der Waals surface area contributed by atoms with Crippen LogP contribution >= 0.6 is 0 Å². The molecule has 0 radical (unpaired) electrons. The number of allylic oxidation sites excluding steroid dienone is 1. The van der Waals surface area contributed by atoms with Gasteiger partial charge in [-0.3, -0.25) is 10.1 Å². The monoisotopic (exact) mass is 800 g/mol. The first kappa shape index (κ1) is 44.4. The van der Waals surface area contributed by atoms with Gasteiger partial charge in [0.05, 0.1) is 37.0 Å². The third-order valence-corrected chi connectivity index (χ3v) is 9.86. The number of hydrogen-bond donors (Lipinski definition) is 3. The van der Waals surface area contributed by atoms with Gasteiger partial charge in [-0.05, 0) is 70.8 Å². The number of ether oxygens (including phenoxy) is 4. The van der Waals surface area contributed by atoms with Crippen molar-refractivity contribution in [2.24, 2.45) is 10.2 Å². The van der Waals surface area contributed by atoms with Crippen LogP contribution in [-0.4, -0.2) is 70.2 Å². The van der Waals surface area contributed by atoms with Gasteiger partial charge < -0.3 is 34.6 Å². The molecule has 1 aliphatic carbocycles. The number of non-ortho nitro benzene ring substituents is 1. The fourth-order valence-electron chi connectivity index (χ4n) is 5.28. The summed E-state index contributed by atoms with van der Waals surface area (Å²) in [5.41, 5.74) is 23.3. The van der Waals surface area contributed by atoms with E-state index in [1.807, 2.05) is 36.5 Å². The highest BCUT2D eigenvalue weighted by molar-refractivity contribution is 6.76. The molecule has 1 aliphatic rings. The average molecular weight is 801 g/mol. The normalized spacial score (nSPS) is 11.0. The maximum Gasteiger partial charge on any atom is 0.513 e. The summed E-state index contributed by atoms with van der Waals surface area (Å²) in [4.78, 5) is 51.9. The number of para-hydroxylation sites is 1. The number of nitro benzene ring substituents is 1. The zero-order valence-corrected chi connectivity index (χ0v) is 33.2. The predicted molar refractivity (Wildman–Crippen MR) is 216 cm³/mol. The molecule has 0 spiro atoms. The highest BCUT2D eigenvalue weighted by Crippen LogP contribution is 2.35. The maximum atomic E-state index is 11.4. The SMILES string of the molecule is COC(=O)NCCC1=CCc2c(N=[N+]=[N-])cccc21.COC(=O)NCCc1c[nH]c2c(N=[N+]=[N-])cccc12.C[Si](C)(C)CCOC(=O)Oc1ccc([N+](=O)[O-])cc1. The molecule has 4 aromatic rings. The lowest BCUT2D eigenvalue weighted by Gasteiger charge is -2.14. The van der Waals surface area contributed by atoms with Crippen LogP contribution in [0.4, 0.5) is 31.4 Å². The van der Waals surface area contributed by atoms with Crippen LogP contribution in [0.1, 0.15) is 23.1 Å². The van der Waals surface area contributed by atoms with E-state index in [-0.39, 0.29) is 11.4 Å². The molecule has 5 rings (SSSR count). The highest BCUT2D eigenvalue weighted by Gasteiger charge is 2.17. The Balaban J connectivity index is 0.000000229. The lowest BCUT2D eigenvalue weighted by atomic mass is 10.0. The molecule has 2 amide bonds. The molecular formula is C37H44N10O9Si. The van der Waals surface area contributed by atoms with Crippen LogP contribution in [0.2, 0.25) is 25.7 Å². The number of carbonyl (C=O) groups is 3. The summed E-state index contributed by atoms with van der Waals surface area (Å²) in [5, 5.41) is 24.0. The van der Waals surface area contributed by atoms with Crippen LogP contribution in [0.15, 0.2) is 83.2 Å². The lowest BCUT2D eigenvalue weighted by Crippen LogP contribution is -2.25. The number of aromatic nitrogens is 1. The molecule has 57 heavy (non-hydrogen) atoms. The van der Waals surface area contributed by atoms with Crippen molar-refractivity contribution in [3.63, 3.8) is 0 Å². The van der Waals surface area contributed by atoms with Crippen molar-refractivity contribution in [2.45, 2.75) is 44.9 Å². The van der Waals surface area contributed by atoms with E-state index >= 15 is 0 Å². The maximum absolute atomic E-state index is 11.4. The Kier molecular flexibility index (Phi) is 17.4. The number of fused-ring (bicyclic) bond motifs is 2. The molecule has 0 atom stereocenters. The number of methoxy groups -OCH3 is 2. The Labute approximate surface area is 328 Å². The van der Waals surface area contributed by atoms with Crippen molar-refractivity contribution in [2.75, 3.05) is 33.9 Å². The van der Waals surface area contributed by atoms with Gasteiger partial charge in [-0.25, -0.2) is 14.4 Å². The number of alkyl carbamates (subject to hydrolysis) is 2. The smallest absolute Gasteiger partial charge is 0.453 e. The second-order valence-corrected chi connectivity index (χ2v) is 18.8. The van der Waals surface area contributed by atoms with Gasteiger partial charge in [-0.1, -0.05) is 72.3 Å². The summed E-state index contributed by atoms with van der Waals surface area (Å²) in [7, 11) is 1.42. The summed E-state index contributed by atoms with van der Waals surface area (Å²) in [5.74, 6) is 0.226. The average Bonchev–Trinajstić information content (AvgIpc) is 3.80. The Morgan fingerprint density at radius 2 is 1.51 bits per heavy atom. The fraction of sp³-hybridized carbons (Fsp3) is 0.324. The minimum atomic E-state index is -1.24. The molecule has 300 valence electrons. The molecule has 19 nitrogen and oxygen atoms in total. The number of carbonyl (C=O) groups excluding carboxylic acids is 3. The number of benzene rings is 3. The summed E-state index contributed by atoms with van der Waals surface area (Å²) in [6.07, 6.45) is 4.43. The summed E-state index contributed by atoms with van der Waals surface area (Å²) in [6.45, 7) is 7.87.